The summed E-state index contributed by atoms with van der Waals surface area (Å²) in [5, 5.41) is 2.55. The van der Waals surface area contributed by atoms with Gasteiger partial charge in [-0.05, 0) is 41.9 Å². The summed E-state index contributed by atoms with van der Waals surface area (Å²) in [5.41, 5.74) is 0.837. The topological polar surface area (TPSA) is 46.2 Å². The number of piperidine rings is 1. The molecule has 1 spiro atoms. The maximum Gasteiger partial charge on any atom is 0.234 e. The van der Waals surface area contributed by atoms with Gasteiger partial charge < -0.3 is 0 Å². The van der Waals surface area contributed by atoms with Crippen molar-refractivity contribution in [2.75, 3.05) is 0 Å². The quantitative estimate of drug-likeness (QED) is 0.826. The molecule has 1 aliphatic carbocycles. The fraction of sp³-hybridized carbons (Fsp3) is 0.529. The Labute approximate surface area is 133 Å². The summed E-state index contributed by atoms with van der Waals surface area (Å²) in [5.74, 6) is 0.0212. The van der Waals surface area contributed by atoms with Crippen LogP contribution >= 0.6 is 15.9 Å². The van der Waals surface area contributed by atoms with Crippen molar-refractivity contribution in [3.05, 3.63) is 34.3 Å². The molecule has 0 radical (unpaired) electrons. The van der Waals surface area contributed by atoms with Crippen molar-refractivity contribution < 1.29 is 9.59 Å². The molecule has 1 saturated heterocycles. The van der Waals surface area contributed by atoms with Crippen molar-refractivity contribution in [3.8, 4) is 0 Å². The van der Waals surface area contributed by atoms with Gasteiger partial charge in [0.15, 0.2) is 0 Å². The molecular weight excluding hydrogens is 330 g/mol. The molecule has 3 unspecified atom stereocenters. The third-order valence-electron chi connectivity index (χ3n) is 5.27. The van der Waals surface area contributed by atoms with E-state index in [-0.39, 0.29) is 23.1 Å². The molecule has 1 aromatic carbocycles. The fourth-order valence-corrected chi connectivity index (χ4v) is 4.89. The average molecular weight is 350 g/mol. The van der Waals surface area contributed by atoms with E-state index in [1.165, 1.54) is 0 Å². The van der Waals surface area contributed by atoms with E-state index in [0.29, 0.717) is 12.3 Å². The van der Waals surface area contributed by atoms with Crippen molar-refractivity contribution in [2.45, 2.75) is 44.9 Å². The third kappa shape index (κ3) is 2.44. The van der Waals surface area contributed by atoms with E-state index in [4.69, 9.17) is 0 Å². The van der Waals surface area contributed by atoms with Crippen molar-refractivity contribution >= 4 is 27.7 Å². The van der Waals surface area contributed by atoms with Gasteiger partial charge in [-0.25, -0.2) is 0 Å². The highest BCUT2D eigenvalue weighted by Gasteiger charge is 2.54. The first kappa shape index (κ1) is 14.8. The molecule has 1 heterocycles. The highest BCUT2D eigenvalue weighted by atomic mass is 79.9. The summed E-state index contributed by atoms with van der Waals surface area (Å²) < 4.78 is 0.978. The number of benzene rings is 1. The predicted octanol–water partition coefficient (Wildman–Crippen LogP) is 3.78. The lowest BCUT2D eigenvalue weighted by molar-refractivity contribution is -0.141. The Hall–Kier alpha value is -1.16. The standard InChI is InChI=1S/C17H20BrNO2/c1-2-12-6-4-8-17(12)10-14(20)19-16(21)15(17)11-5-3-7-13(18)9-11/h3,5,7,9,12,15H,2,4,6,8,10H2,1H3,(H,19,20,21). The SMILES string of the molecule is CCC1CCCC12CC(=O)NC(=O)C2c1cccc(Br)c1. The van der Waals surface area contributed by atoms with E-state index in [1.54, 1.807) is 0 Å². The molecule has 2 fully saturated rings. The van der Waals surface area contributed by atoms with Crippen molar-refractivity contribution in [1.82, 2.24) is 5.32 Å². The monoisotopic (exact) mass is 349 g/mol. The molecule has 0 aromatic heterocycles. The molecule has 3 nitrogen and oxygen atoms in total. The van der Waals surface area contributed by atoms with Crippen LogP contribution in [-0.4, -0.2) is 11.8 Å². The van der Waals surface area contributed by atoms with Crippen LogP contribution in [0.25, 0.3) is 0 Å². The second-order valence-electron chi connectivity index (χ2n) is 6.31. The summed E-state index contributed by atoms with van der Waals surface area (Å²) in [6.07, 6.45) is 4.73. The number of hydrogen-bond acceptors (Lipinski definition) is 2. The zero-order chi connectivity index (χ0) is 15.0. The minimum absolute atomic E-state index is 0.105. The van der Waals surface area contributed by atoms with Gasteiger partial charge in [-0.2, -0.15) is 0 Å². The number of imide groups is 1. The predicted molar refractivity (Wildman–Crippen MR) is 84.7 cm³/mol. The molecule has 112 valence electrons. The van der Waals surface area contributed by atoms with E-state index in [2.05, 4.69) is 28.2 Å². The van der Waals surface area contributed by atoms with Gasteiger partial charge in [0.05, 0.1) is 5.92 Å². The smallest absolute Gasteiger partial charge is 0.234 e. The van der Waals surface area contributed by atoms with Crippen molar-refractivity contribution in [1.29, 1.82) is 0 Å². The summed E-state index contributed by atoms with van der Waals surface area (Å²) in [6, 6.07) is 7.96. The minimum Gasteiger partial charge on any atom is -0.296 e. The first-order chi connectivity index (χ1) is 10.1. The van der Waals surface area contributed by atoms with Crippen molar-refractivity contribution in [2.24, 2.45) is 11.3 Å². The first-order valence-corrected chi connectivity index (χ1v) is 8.45. The van der Waals surface area contributed by atoms with Crippen LogP contribution in [0.15, 0.2) is 28.7 Å². The first-order valence-electron chi connectivity index (χ1n) is 7.66. The van der Waals surface area contributed by atoms with Gasteiger partial charge in [0.25, 0.3) is 0 Å². The molecule has 2 amide bonds. The van der Waals surface area contributed by atoms with Gasteiger partial charge in [0, 0.05) is 10.9 Å². The largest absolute Gasteiger partial charge is 0.296 e. The molecule has 3 atom stereocenters. The fourth-order valence-electron chi connectivity index (χ4n) is 4.48. The van der Waals surface area contributed by atoms with Gasteiger partial charge in [-0.1, -0.05) is 47.8 Å². The average Bonchev–Trinajstić information content (AvgIpc) is 2.80. The Bertz CT molecular complexity index is 586. The number of hydrogen-bond donors (Lipinski definition) is 1. The van der Waals surface area contributed by atoms with E-state index < -0.39 is 0 Å². The lowest BCUT2D eigenvalue weighted by atomic mass is 9.61. The lowest BCUT2D eigenvalue weighted by Gasteiger charge is -2.44. The van der Waals surface area contributed by atoms with E-state index in [1.807, 2.05) is 24.3 Å². The van der Waals surface area contributed by atoms with Crippen LogP contribution in [0.4, 0.5) is 0 Å². The summed E-state index contributed by atoms with van der Waals surface area (Å²) in [7, 11) is 0. The number of carbonyl (C=O) groups excluding carboxylic acids is 2. The maximum absolute atomic E-state index is 12.6. The molecule has 1 aromatic rings. The summed E-state index contributed by atoms with van der Waals surface area (Å²) in [4.78, 5) is 24.6. The number of halogens is 1. The molecule has 1 aliphatic heterocycles. The normalized spacial score (nSPS) is 32.5. The number of carbonyl (C=O) groups is 2. The van der Waals surface area contributed by atoms with Crippen LogP contribution in [0.5, 0.6) is 0 Å². The third-order valence-corrected chi connectivity index (χ3v) is 5.77. The van der Waals surface area contributed by atoms with Gasteiger partial charge in [0.2, 0.25) is 11.8 Å². The highest BCUT2D eigenvalue weighted by molar-refractivity contribution is 9.10. The van der Waals surface area contributed by atoms with Crippen LogP contribution in [0.1, 0.15) is 50.5 Å². The van der Waals surface area contributed by atoms with Crippen LogP contribution in [-0.2, 0) is 9.59 Å². The van der Waals surface area contributed by atoms with Crippen LogP contribution < -0.4 is 5.32 Å². The molecule has 4 heteroatoms. The lowest BCUT2D eigenvalue weighted by Crippen LogP contribution is -2.52. The Balaban J connectivity index is 2.09. The molecular formula is C17H20BrNO2. The molecule has 0 bridgehead atoms. The summed E-state index contributed by atoms with van der Waals surface area (Å²) >= 11 is 3.49. The van der Waals surface area contributed by atoms with Crippen LogP contribution in [0.3, 0.4) is 0 Å². The van der Waals surface area contributed by atoms with Crippen LogP contribution in [0, 0.1) is 11.3 Å². The van der Waals surface area contributed by atoms with E-state index in [0.717, 1.165) is 35.7 Å². The second kappa shape index (κ2) is 5.56. The summed E-state index contributed by atoms with van der Waals surface area (Å²) in [6.45, 7) is 2.17. The zero-order valence-corrected chi connectivity index (χ0v) is 13.8. The number of amides is 2. The molecule has 21 heavy (non-hydrogen) atoms. The Morgan fingerprint density at radius 3 is 2.90 bits per heavy atom. The molecule has 1 N–H and O–H groups in total. The van der Waals surface area contributed by atoms with E-state index in [9.17, 15) is 9.59 Å². The number of rotatable bonds is 2. The molecule has 3 rings (SSSR count). The zero-order valence-electron chi connectivity index (χ0n) is 12.2. The van der Waals surface area contributed by atoms with Gasteiger partial charge in [-0.3, -0.25) is 14.9 Å². The number of nitrogens with one attached hydrogen (secondary N) is 1. The van der Waals surface area contributed by atoms with Crippen molar-refractivity contribution in [3.63, 3.8) is 0 Å². The Morgan fingerprint density at radius 1 is 1.38 bits per heavy atom. The van der Waals surface area contributed by atoms with Gasteiger partial charge >= 0.3 is 0 Å². The Morgan fingerprint density at radius 2 is 2.19 bits per heavy atom. The molecule has 2 aliphatic rings. The maximum atomic E-state index is 12.6. The van der Waals surface area contributed by atoms with Crippen LogP contribution in [0.2, 0.25) is 0 Å². The minimum atomic E-state index is -0.208. The highest BCUT2D eigenvalue weighted by Crippen LogP contribution is 2.57. The molecule has 1 saturated carbocycles. The van der Waals surface area contributed by atoms with Gasteiger partial charge in [0.1, 0.15) is 0 Å². The van der Waals surface area contributed by atoms with Gasteiger partial charge in [-0.15, -0.1) is 0 Å². The second-order valence-corrected chi connectivity index (χ2v) is 7.22. The Kier molecular flexibility index (Phi) is 3.91. The van der Waals surface area contributed by atoms with E-state index >= 15 is 0 Å².